The van der Waals surface area contributed by atoms with E-state index in [1.165, 1.54) is 83.5 Å². The van der Waals surface area contributed by atoms with Gasteiger partial charge >= 0.3 is 0 Å². The van der Waals surface area contributed by atoms with Crippen molar-refractivity contribution in [1.29, 1.82) is 0 Å². The van der Waals surface area contributed by atoms with Gasteiger partial charge in [0.2, 0.25) is 0 Å². The highest BCUT2D eigenvalue weighted by atomic mass is 19.2. The van der Waals surface area contributed by atoms with Gasteiger partial charge in [-0.1, -0.05) is 121 Å². The van der Waals surface area contributed by atoms with Crippen LogP contribution in [-0.4, -0.2) is 0 Å². The van der Waals surface area contributed by atoms with E-state index in [2.05, 4.69) is 6.92 Å². The van der Waals surface area contributed by atoms with E-state index in [1.54, 1.807) is 0 Å². The second-order valence-corrected chi connectivity index (χ2v) is 10.4. The molecule has 3 rings (SSSR count). The summed E-state index contributed by atoms with van der Waals surface area (Å²) in [6.07, 6.45) is 19.0. The van der Waals surface area contributed by atoms with Gasteiger partial charge in [0.15, 0.2) is 17.5 Å². The molecule has 0 radical (unpaired) electrons. The minimum absolute atomic E-state index is 0.0318. The van der Waals surface area contributed by atoms with Gasteiger partial charge in [-0.05, 0) is 30.2 Å². The number of hydrogen-bond donors (Lipinski definition) is 0. The van der Waals surface area contributed by atoms with Gasteiger partial charge in [0.1, 0.15) is 11.9 Å². The second kappa shape index (κ2) is 15.2. The first-order valence-electron chi connectivity index (χ1n) is 13.9. The molecule has 1 aliphatic carbocycles. The quantitative estimate of drug-likeness (QED) is 0.179. The Kier molecular flexibility index (Phi) is 12.0. The van der Waals surface area contributed by atoms with Gasteiger partial charge in [-0.25, -0.2) is 13.2 Å². The van der Waals surface area contributed by atoms with Gasteiger partial charge in [0, 0.05) is 12.1 Å². The van der Waals surface area contributed by atoms with E-state index in [4.69, 9.17) is 4.74 Å². The van der Waals surface area contributed by atoms with Crippen molar-refractivity contribution < 1.29 is 17.9 Å². The normalized spacial score (nSPS) is 19.0. The average molecular weight is 489 g/mol. The highest BCUT2D eigenvalue weighted by molar-refractivity contribution is 5.27. The maximum Gasteiger partial charge on any atom is 0.194 e. The first-order valence-corrected chi connectivity index (χ1v) is 13.9. The highest BCUT2D eigenvalue weighted by Gasteiger charge is 2.23. The van der Waals surface area contributed by atoms with Crippen LogP contribution in [0.15, 0.2) is 42.5 Å². The summed E-state index contributed by atoms with van der Waals surface area (Å²) in [5.41, 5.74) is 0.973. The molecule has 0 amide bonds. The Balaban J connectivity index is 1.41. The summed E-state index contributed by atoms with van der Waals surface area (Å²) in [6.45, 7) is 2.27. The van der Waals surface area contributed by atoms with Crippen molar-refractivity contribution in [3.05, 3.63) is 65.5 Å². The van der Waals surface area contributed by atoms with Crippen LogP contribution >= 0.6 is 0 Å². The van der Waals surface area contributed by atoms with Gasteiger partial charge in [0.25, 0.3) is 0 Å². The third kappa shape index (κ3) is 9.54. The lowest BCUT2D eigenvalue weighted by molar-refractivity contribution is 0.166. The lowest BCUT2D eigenvalue weighted by atomic mass is 9.77. The molecular weight excluding hydrogens is 445 g/mol. The van der Waals surface area contributed by atoms with E-state index in [-0.39, 0.29) is 11.9 Å². The molecule has 194 valence electrons. The predicted octanol–water partition coefficient (Wildman–Crippen LogP) is 10.3. The Labute approximate surface area is 210 Å². The zero-order chi connectivity index (χ0) is 24.9. The minimum atomic E-state index is -1.46. The maximum absolute atomic E-state index is 13.7. The van der Waals surface area contributed by atoms with Crippen LogP contribution in [0.25, 0.3) is 0 Å². The Morgan fingerprint density at radius 3 is 1.89 bits per heavy atom. The summed E-state index contributed by atoms with van der Waals surface area (Å²) < 4.78 is 46.8. The largest absolute Gasteiger partial charge is 0.486 e. The number of hydrogen-bond acceptors (Lipinski definition) is 1. The molecule has 0 saturated heterocycles. The second-order valence-electron chi connectivity index (χ2n) is 10.4. The number of unbranched alkanes of at least 4 members (excludes halogenated alkanes) is 7. The van der Waals surface area contributed by atoms with Gasteiger partial charge in [0.05, 0.1) is 0 Å². The molecule has 1 nitrogen and oxygen atoms in total. The molecule has 0 heterocycles. The van der Waals surface area contributed by atoms with Crippen LogP contribution in [0.3, 0.4) is 0 Å². The van der Waals surface area contributed by atoms with Crippen LogP contribution in [0, 0.1) is 29.3 Å². The molecule has 0 aromatic heterocycles. The van der Waals surface area contributed by atoms with E-state index < -0.39 is 17.5 Å². The van der Waals surface area contributed by atoms with Crippen molar-refractivity contribution in [3.63, 3.8) is 0 Å². The Hall–Kier alpha value is -1.97. The third-order valence-electron chi connectivity index (χ3n) is 7.68. The van der Waals surface area contributed by atoms with Crippen molar-refractivity contribution in [2.45, 2.75) is 109 Å². The van der Waals surface area contributed by atoms with Crippen molar-refractivity contribution in [3.8, 4) is 5.75 Å². The van der Waals surface area contributed by atoms with Crippen LogP contribution in [0.5, 0.6) is 5.75 Å². The van der Waals surface area contributed by atoms with E-state index in [9.17, 15) is 13.2 Å². The van der Waals surface area contributed by atoms with Crippen LogP contribution in [0.1, 0.15) is 115 Å². The number of benzene rings is 2. The van der Waals surface area contributed by atoms with E-state index >= 15 is 0 Å². The fourth-order valence-electron chi connectivity index (χ4n) is 5.49. The standard InChI is InChI=1S/C31H43F3O/c1-2-3-4-5-6-7-8-10-13-24-16-18-25(19-17-24)20-21-30(26-14-11-9-12-15-26)35-27-22-28(32)31(34)29(33)23-27/h9,11-12,14-15,22-25,30H,2-8,10,13,16-21H2,1H3/t24-,25-,30?. The molecule has 1 atom stereocenters. The smallest absolute Gasteiger partial charge is 0.194 e. The molecule has 4 heteroatoms. The number of halogens is 3. The molecule has 1 unspecified atom stereocenters. The first kappa shape index (κ1) is 27.6. The first-order chi connectivity index (χ1) is 17.1. The van der Waals surface area contributed by atoms with Crippen LogP contribution in [-0.2, 0) is 0 Å². The van der Waals surface area contributed by atoms with Crippen molar-refractivity contribution in [2.24, 2.45) is 11.8 Å². The molecule has 0 spiro atoms. The Bertz CT molecular complexity index is 823. The zero-order valence-corrected chi connectivity index (χ0v) is 21.4. The van der Waals surface area contributed by atoms with E-state index in [0.29, 0.717) is 5.92 Å². The minimum Gasteiger partial charge on any atom is -0.486 e. The molecule has 2 aromatic carbocycles. The lowest BCUT2D eigenvalue weighted by Gasteiger charge is -2.30. The molecule has 1 saturated carbocycles. The summed E-state index contributed by atoms with van der Waals surface area (Å²) >= 11 is 0. The molecule has 0 bridgehead atoms. The summed E-state index contributed by atoms with van der Waals surface area (Å²) in [6, 6.07) is 11.6. The summed E-state index contributed by atoms with van der Waals surface area (Å²) in [7, 11) is 0. The van der Waals surface area contributed by atoms with Crippen molar-refractivity contribution in [1.82, 2.24) is 0 Å². The lowest BCUT2D eigenvalue weighted by Crippen LogP contribution is -2.17. The SMILES string of the molecule is CCCCCCCCCC[C@H]1CC[C@H](CCC(Oc2cc(F)c(F)c(F)c2)c2ccccc2)CC1. The Morgan fingerprint density at radius 1 is 0.743 bits per heavy atom. The molecule has 0 aliphatic heterocycles. The summed E-state index contributed by atoms with van der Waals surface area (Å²) in [5, 5.41) is 0. The van der Waals surface area contributed by atoms with Crippen LogP contribution in [0.2, 0.25) is 0 Å². The maximum atomic E-state index is 13.7. The molecule has 1 fully saturated rings. The molecule has 2 aromatic rings. The number of rotatable bonds is 15. The van der Waals surface area contributed by atoms with Crippen molar-refractivity contribution >= 4 is 0 Å². The van der Waals surface area contributed by atoms with Gasteiger partial charge < -0.3 is 4.74 Å². The number of ether oxygens (including phenoxy) is 1. The molecule has 1 aliphatic rings. The third-order valence-corrected chi connectivity index (χ3v) is 7.68. The molecular formula is C31H43F3O. The van der Waals surface area contributed by atoms with E-state index in [0.717, 1.165) is 36.5 Å². The molecule has 35 heavy (non-hydrogen) atoms. The van der Waals surface area contributed by atoms with Gasteiger partial charge in [-0.15, -0.1) is 0 Å². The van der Waals surface area contributed by atoms with Gasteiger partial charge in [-0.2, -0.15) is 0 Å². The summed E-state index contributed by atoms with van der Waals surface area (Å²) in [5.74, 6) is -2.33. The van der Waals surface area contributed by atoms with Crippen LogP contribution < -0.4 is 4.74 Å². The Morgan fingerprint density at radius 2 is 1.29 bits per heavy atom. The fourth-order valence-corrected chi connectivity index (χ4v) is 5.49. The van der Waals surface area contributed by atoms with E-state index in [1.807, 2.05) is 30.3 Å². The highest BCUT2D eigenvalue weighted by Crippen LogP contribution is 2.37. The monoisotopic (exact) mass is 488 g/mol. The average Bonchev–Trinajstić information content (AvgIpc) is 2.88. The molecule has 0 N–H and O–H groups in total. The van der Waals surface area contributed by atoms with Crippen LogP contribution in [0.4, 0.5) is 13.2 Å². The van der Waals surface area contributed by atoms with Crippen molar-refractivity contribution in [2.75, 3.05) is 0 Å². The summed E-state index contributed by atoms with van der Waals surface area (Å²) in [4.78, 5) is 0. The predicted molar refractivity (Wildman–Crippen MR) is 138 cm³/mol. The topological polar surface area (TPSA) is 9.23 Å². The zero-order valence-electron chi connectivity index (χ0n) is 21.4. The fraction of sp³-hybridized carbons (Fsp3) is 0.613. The van der Waals surface area contributed by atoms with Gasteiger partial charge in [-0.3, -0.25) is 0 Å².